The number of amides is 1. The summed E-state index contributed by atoms with van der Waals surface area (Å²) in [4.78, 5) is 15.1. The van der Waals surface area contributed by atoms with E-state index in [0.29, 0.717) is 13.8 Å². The summed E-state index contributed by atoms with van der Waals surface area (Å²) in [5.41, 5.74) is -3.23. The molecule has 2 heterocycles. The van der Waals surface area contributed by atoms with Gasteiger partial charge in [-0.3, -0.25) is 4.79 Å². The average Bonchev–Trinajstić information content (AvgIpc) is 2.88. The fourth-order valence-corrected chi connectivity index (χ4v) is 4.40. The number of rotatable bonds is 5. The summed E-state index contributed by atoms with van der Waals surface area (Å²) < 4.78 is 79.6. The minimum atomic E-state index is -4.83. The van der Waals surface area contributed by atoms with Crippen molar-refractivity contribution in [2.24, 2.45) is 12.5 Å². The molecule has 0 aliphatic rings. The molecule has 0 aliphatic carbocycles. The molecule has 7 nitrogen and oxygen atoms in total. The minimum absolute atomic E-state index is 0.0206. The molecule has 0 radical (unpaired) electrons. The zero-order chi connectivity index (χ0) is 22.2. The maximum absolute atomic E-state index is 14.8. The second-order valence-corrected chi connectivity index (χ2v) is 8.86. The number of carbonyl (C=O) groups is 1. The molecule has 0 bridgehead atoms. The number of alkyl halides is 3. The zero-order valence-electron chi connectivity index (χ0n) is 15.5. The second-order valence-electron chi connectivity index (χ2n) is 6.90. The number of pyridine rings is 1. The van der Waals surface area contributed by atoms with Crippen molar-refractivity contribution < 1.29 is 30.8 Å². The van der Waals surface area contributed by atoms with E-state index in [1.165, 1.54) is 25.4 Å². The molecular weight excluding hydrogens is 416 g/mol. The van der Waals surface area contributed by atoms with Crippen LogP contribution in [0.3, 0.4) is 0 Å². The van der Waals surface area contributed by atoms with Crippen LogP contribution in [-0.4, -0.2) is 35.8 Å². The lowest BCUT2D eigenvalue weighted by molar-refractivity contribution is -0.203. The predicted octanol–water partition coefficient (Wildman–Crippen LogP) is 3.05. The van der Waals surface area contributed by atoms with Crippen LogP contribution in [-0.2, 0) is 16.9 Å². The van der Waals surface area contributed by atoms with Crippen LogP contribution in [0, 0.1) is 22.6 Å². The van der Waals surface area contributed by atoms with E-state index >= 15 is 0 Å². The minimum Gasteiger partial charge on any atom is -0.343 e. The van der Waals surface area contributed by atoms with Crippen LogP contribution in [0.15, 0.2) is 29.4 Å². The Morgan fingerprint density at radius 3 is 2.52 bits per heavy atom. The first-order valence-corrected chi connectivity index (χ1v) is 9.66. The number of aromatic nitrogens is 2. The van der Waals surface area contributed by atoms with E-state index < -0.39 is 49.5 Å². The Hall–Kier alpha value is -2.94. The number of sulfone groups is 1. The number of hydrogen-bond donors (Lipinski definition) is 1. The maximum Gasteiger partial charge on any atom is 0.394 e. The summed E-state index contributed by atoms with van der Waals surface area (Å²) in [6.07, 6.45) is -2.85. The van der Waals surface area contributed by atoms with Gasteiger partial charge >= 0.3 is 6.18 Å². The summed E-state index contributed by atoms with van der Waals surface area (Å²) in [6, 6.07) is 4.28. The first-order chi connectivity index (χ1) is 13.2. The van der Waals surface area contributed by atoms with Gasteiger partial charge in [-0.2, -0.15) is 18.4 Å². The van der Waals surface area contributed by atoms with E-state index in [-0.39, 0.29) is 11.4 Å². The van der Waals surface area contributed by atoms with Gasteiger partial charge in [0.15, 0.2) is 15.7 Å². The molecule has 0 aromatic carbocycles. The Bertz CT molecular complexity index is 1100. The average molecular weight is 432 g/mol. The lowest BCUT2D eigenvalue weighted by atomic mass is 9.96. The number of nitrogens with zero attached hydrogens (tertiary/aromatic N) is 3. The first-order valence-electron chi connectivity index (χ1n) is 8.01. The number of halogens is 4. The van der Waals surface area contributed by atoms with Crippen molar-refractivity contribution in [1.29, 1.82) is 5.26 Å². The molecule has 2 aromatic heterocycles. The van der Waals surface area contributed by atoms with Crippen LogP contribution in [0.4, 0.5) is 23.2 Å². The second kappa shape index (κ2) is 7.47. The Kier molecular flexibility index (Phi) is 5.76. The maximum atomic E-state index is 14.8. The van der Waals surface area contributed by atoms with Crippen molar-refractivity contribution in [3.63, 3.8) is 0 Å². The molecule has 1 amide bonds. The van der Waals surface area contributed by atoms with Gasteiger partial charge in [0, 0.05) is 25.1 Å². The van der Waals surface area contributed by atoms with Crippen molar-refractivity contribution in [1.82, 2.24) is 9.55 Å². The van der Waals surface area contributed by atoms with Crippen molar-refractivity contribution in [2.45, 2.75) is 24.9 Å². The van der Waals surface area contributed by atoms with E-state index in [2.05, 4.69) is 10.3 Å². The third-order valence-electron chi connectivity index (χ3n) is 4.09. The van der Waals surface area contributed by atoms with Crippen LogP contribution in [0.25, 0.3) is 0 Å². The molecule has 2 aromatic rings. The van der Waals surface area contributed by atoms with Crippen molar-refractivity contribution >= 4 is 21.4 Å². The largest absolute Gasteiger partial charge is 0.394 e. The van der Waals surface area contributed by atoms with Gasteiger partial charge in [-0.1, -0.05) is 13.8 Å². The zero-order valence-corrected chi connectivity index (χ0v) is 16.3. The third kappa shape index (κ3) is 4.56. The Labute approximate surface area is 163 Å². The number of nitrogens with one attached hydrogen (secondary N) is 1. The first kappa shape index (κ1) is 22.4. The lowest BCUT2D eigenvalue weighted by Gasteiger charge is -2.27. The number of aryl methyl sites for hydroxylation is 1. The number of hydrogen-bond acceptors (Lipinski definition) is 5. The van der Waals surface area contributed by atoms with Crippen molar-refractivity contribution in [3.8, 4) is 6.07 Å². The van der Waals surface area contributed by atoms with E-state index in [1.807, 2.05) is 0 Å². The quantitative estimate of drug-likeness (QED) is 0.732. The third-order valence-corrected chi connectivity index (χ3v) is 6.15. The Morgan fingerprint density at radius 1 is 1.34 bits per heavy atom. The fourth-order valence-electron chi connectivity index (χ4n) is 2.44. The summed E-state index contributed by atoms with van der Waals surface area (Å²) in [7, 11) is -3.52. The van der Waals surface area contributed by atoms with Crippen LogP contribution in [0.1, 0.15) is 30.0 Å². The molecular formula is C17H16F4N4O3S. The lowest BCUT2D eigenvalue weighted by Crippen LogP contribution is -2.38. The Morgan fingerprint density at radius 2 is 1.97 bits per heavy atom. The molecule has 0 saturated heterocycles. The van der Waals surface area contributed by atoms with Crippen molar-refractivity contribution in [2.75, 3.05) is 11.1 Å². The molecule has 12 heteroatoms. The van der Waals surface area contributed by atoms with E-state index in [1.54, 1.807) is 6.07 Å². The highest BCUT2D eigenvalue weighted by molar-refractivity contribution is 7.91. The van der Waals surface area contributed by atoms with Gasteiger partial charge in [-0.25, -0.2) is 17.8 Å². The van der Waals surface area contributed by atoms with Gasteiger partial charge in [0.05, 0.1) is 11.2 Å². The Balaban J connectivity index is 2.39. The molecule has 0 atom stereocenters. The predicted molar refractivity (Wildman–Crippen MR) is 94.2 cm³/mol. The highest BCUT2D eigenvalue weighted by Crippen LogP contribution is 2.40. The summed E-state index contributed by atoms with van der Waals surface area (Å²) >= 11 is 0. The van der Waals surface area contributed by atoms with Crippen molar-refractivity contribution in [3.05, 3.63) is 41.7 Å². The highest BCUT2D eigenvalue weighted by Gasteiger charge is 2.50. The summed E-state index contributed by atoms with van der Waals surface area (Å²) in [6.45, 7) is 1.38. The van der Waals surface area contributed by atoms with Gasteiger partial charge in [0.1, 0.15) is 22.4 Å². The molecule has 1 N–H and O–H groups in total. The van der Waals surface area contributed by atoms with Crippen LogP contribution in [0.2, 0.25) is 0 Å². The van der Waals surface area contributed by atoms with Crippen LogP contribution in [0.5, 0.6) is 0 Å². The molecule has 0 saturated carbocycles. The van der Waals surface area contributed by atoms with E-state index in [0.717, 1.165) is 10.8 Å². The molecule has 0 aliphatic heterocycles. The molecule has 0 fully saturated rings. The number of nitriles is 1. The number of anilines is 1. The van der Waals surface area contributed by atoms with Gasteiger partial charge < -0.3 is 9.88 Å². The summed E-state index contributed by atoms with van der Waals surface area (Å²) in [5, 5.41) is 11.1. The van der Waals surface area contributed by atoms with Gasteiger partial charge in [0.2, 0.25) is 0 Å². The molecule has 29 heavy (non-hydrogen) atoms. The van der Waals surface area contributed by atoms with E-state index in [4.69, 9.17) is 5.26 Å². The normalized spacial score (nSPS) is 12.5. The summed E-state index contributed by atoms with van der Waals surface area (Å²) in [5.74, 6) is -3.89. The SMILES string of the molecule is Cn1cc(S(=O)(=O)CC(C)(C)C(F)(F)F)c(F)c1C(=O)Nc1ccnc(C#N)c1. The van der Waals surface area contributed by atoms with Crippen LogP contribution >= 0.6 is 0 Å². The molecule has 2 rings (SSSR count). The van der Waals surface area contributed by atoms with Gasteiger partial charge in [-0.05, 0) is 12.1 Å². The molecule has 0 unspecified atom stereocenters. The molecule has 0 spiro atoms. The van der Waals surface area contributed by atoms with Gasteiger partial charge in [0.25, 0.3) is 5.91 Å². The van der Waals surface area contributed by atoms with E-state index in [9.17, 15) is 30.8 Å². The fraction of sp³-hybridized carbons (Fsp3) is 0.353. The number of carbonyl (C=O) groups excluding carboxylic acids is 1. The monoisotopic (exact) mass is 432 g/mol. The van der Waals surface area contributed by atoms with Gasteiger partial charge in [-0.15, -0.1) is 0 Å². The highest BCUT2D eigenvalue weighted by atomic mass is 32.2. The van der Waals surface area contributed by atoms with Crippen LogP contribution < -0.4 is 5.32 Å². The smallest absolute Gasteiger partial charge is 0.343 e. The standard InChI is InChI=1S/C17H16F4N4O3S/c1-16(2,17(19,20)21)9-29(27,28)12-8-25(3)14(13(12)18)15(26)24-10-4-5-23-11(6-10)7-22/h4-6,8H,9H2,1-3H3,(H,23,24,26). The molecule has 156 valence electrons. The topological polar surface area (TPSA) is 105 Å².